The molecular formula is C13H15FN2O. The second-order valence-electron chi connectivity index (χ2n) is 4.99. The maximum atomic E-state index is 13.1. The fourth-order valence-corrected chi connectivity index (χ4v) is 2.83. The summed E-state index contributed by atoms with van der Waals surface area (Å²) in [6.07, 6.45) is 4.03. The summed E-state index contributed by atoms with van der Waals surface area (Å²) < 4.78 is 13.1. The SMILES string of the molecule is O=C1Nc2ccc(F)cc2NCC12CCCC2. The van der Waals surface area contributed by atoms with Crippen LogP contribution in [0.15, 0.2) is 18.2 Å². The van der Waals surface area contributed by atoms with Gasteiger partial charge in [0.2, 0.25) is 5.91 Å². The van der Waals surface area contributed by atoms with Crippen molar-refractivity contribution in [3.05, 3.63) is 24.0 Å². The first kappa shape index (κ1) is 10.6. The number of carbonyl (C=O) groups excluding carboxylic acids is 1. The Hall–Kier alpha value is -1.58. The second kappa shape index (κ2) is 3.72. The van der Waals surface area contributed by atoms with Gasteiger partial charge in [0.1, 0.15) is 5.82 Å². The molecule has 1 heterocycles. The van der Waals surface area contributed by atoms with Crippen LogP contribution < -0.4 is 10.6 Å². The highest BCUT2D eigenvalue weighted by atomic mass is 19.1. The number of nitrogens with one attached hydrogen (secondary N) is 2. The molecule has 1 aromatic carbocycles. The van der Waals surface area contributed by atoms with Crippen LogP contribution in [0, 0.1) is 11.2 Å². The van der Waals surface area contributed by atoms with Gasteiger partial charge in [-0.05, 0) is 31.0 Å². The smallest absolute Gasteiger partial charge is 0.232 e. The minimum Gasteiger partial charge on any atom is -0.382 e. The van der Waals surface area contributed by atoms with Crippen LogP contribution in [-0.4, -0.2) is 12.5 Å². The van der Waals surface area contributed by atoms with Crippen molar-refractivity contribution in [2.24, 2.45) is 5.41 Å². The Labute approximate surface area is 99.4 Å². The molecule has 0 unspecified atom stereocenters. The number of hydrogen-bond acceptors (Lipinski definition) is 2. The van der Waals surface area contributed by atoms with E-state index in [0.29, 0.717) is 17.9 Å². The monoisotopic (exact) mass is 234 g/mol. The lowest BCUT2D eigenvalue weighted by Crippen LogP contribution is -2.37. The zero-order valence-corrected chi connectivity index (χ0v) is 9.55. The van der Waals surface area contributed by atoms with E-state index in [-0.39, 0.29) is 17.1 Å². The molecule has 0 aromatic heterocycles. The van der Waals surface area contributed by atoms with Gasteiger partial charge in [-0.1, -0.05) is 12.8 Å². The van der Waals surface area contributed by atoms with Crippen molar-refractivity contribution in [3.8, 4) is 0 Å². The lowest BCUT2D eigenvalue weighted by molar-refractivity contribution is -0.124. The number of amides is 1. The molecule has 3 nitrogen and oxygen atoms in total. The topological polar surface area (TPSA) is 41.1 Å². The summed E-state index contributed by atoms with van der Waals surface area (Å²) in [5.74, 6) is -0.208. The van der Waals surface area contributed by atoms with E-state index in [1.807, 2.05) is 0 Å². The van der Waals surface area contributed by atoms with E-state index in [1.54, 1.807) is 6.07 Å². The average molecular weight is 234 g/mol. The standard InChI is InChI=1S/C13H15FN2O/c14-9-3-4-10-11(7-9)15-8-13(12(17)16-10)5-1-2-6-13/h3-4,7,15H,1-2,5-6,8H2,(H,16,17). The third-order valence-corrected chi connectivity index (χ3v) is 3.89. The molecular weight excluding hydrogens is 219 g/mol. The highest BCUT2D eigenvalue weighted by Crippen LogP contribution is 2.42. The molecule has 0 saturated heterocycles. The summed E-state index contributed by atoms with van der Waals surface area (Å²) >= 11 is 0. The summed E-state index contributed by atoms with van der Waals surface area (Å²) in [6.45, 7) is 0.606. The number of benzene rings is 1. The predicted molar refractivity (Wildman–Crippen MR) is 64.4 cm³/mol. The molecule has 17 heavy (non-hydrogen) atoms. The van der Waals surface area contributed by atoms with Crippen molar-refractivity contribution in [3.63, 3.8) is 0 Å². The number of anilines is 2. The highest BCUT2D eigenvalue weighted by molar-refractivity contribution is 6.00. The molecule has 4 heteroatoms. The van der Waals surface area contributed by atoms with Crippen LogP contribution in [0.25, 0.3) is 0 Å². The number of rotatable bonds is 0. The Morgan fingerprint density at radius 3 is 2.71 bits per heavy atom. The van der Waals surface area contributed by atoms with Crippen molar-refractivity contribution in [2.45, 2.75) is 25.7 Å². The maximum Gasteiger partial charge on any atom is 0.232 e. The van der Waals surface area contributed by atoms with Gasteiger partial charge in [0.25, 0.3) is 0 Å². The molecule has 2 aliphatic rings. The van der Waals surface area contributed by atoms with Crippen LogP contribution in [0.5, 0.6) is 0 Å². The van der Waals surface area contributed by atoms with E-state index in [1.165, 1.54) is 12.1 Å². The molecule has 3 rings (SSSR count). The van der Waals surface area contributed by atoms with Crippen molar-refractivity contribution in [1.29, 1.82) is 0 Å². The van der Waals surface area contributed by atoms with E-state index in [4.69, 9.17) is 0 Å². The normalized spacial score (nSPS) is 21.6. The van der Waals surface area contributed by atoms with Crippen LogP contribution in [0.4, 0.5) is 15.8 Å². The summed E-state index contributed by atoms with van der Waals surface area (Å²) in [6, 6.07) is 4.42. The van der Waals surface area contributed by atoms with Crippen molar-refractivity contribution in [2.75, 3.05) is 17.2 Å². The molecule has 0 bridgehead atoms. The van der Waals surface area contributed by atoms with Gasteiger partial charge < -0.3 is 10.6 Å². The third-order valence-electron chi connectivity index (χ3n) is 3.89. The largest absolute Gasteiger partial charge is 0.382 e. The Morgan fingerprint density at radius 1 is 1.18 bits per heavy atom. The first-order valence-electron chi connectivity index (χ1n) is 6.05. The van der Waals surface area contributed by atoms with E-state index >= 15 is 0 Å². The Morgan fingerprint density at radius 2 is 1.94 bits per heavy atom. The summed E-state index contributed by atoms with van der Waals surface area (Å²) in [4.78, 5) is 12.2. The number of halogens is 1. The van der Waals surface area contributed by atoms with Crippen LogP contribution in [0.2, 0.25) is 0 Å². The van der Waals surface area contributed by atoms with Crippen LogP contribution in [0.3, 0.4) is 0 Å². The molecule has 90 valence electrons. The number of fused-ring (bicyclic) bond motifs is 1. The maximum absolute atomic E-state index is 13.1. The summed E-state index contributed by atoms with van der Waals surface area (Å²) in [7, 11) is 0. The minimum absolute atomic E-state index is 0.0767. The van der Waals surface area contributed by atoms with Crippen LogP contribution in [-0.2, 0) is 4.79 Å². The first-order chi connectivity index (χ1) is 8.20. The van der Waals surface area contributed by atoms with Gasteiger partial charge in [0.15, 0.2) is 0 Å². The van der Waals surface area contributed by atoms with Gasteiger partial charge in [-0.25, -0.2) is 4.39 Å². The lowest BCUT2D eigenvalue weighted by atomic mass is 9.85. The highest BCUT2D eigenvalue weighted by Gasteiger charge is 2.42. The fourth-order valence-electron chi connectivity index (χ4n) is 2.83. The lowest BCUT2D eigenvalue weighted by Gasteiger charge is -2.24. The first-order valence-corrected chi connectivity index (χ1v) is 6.05. The van der Waals surface area contributed by atoms with E-state index in [2.05, 4.69) is 10.6 Å². The van der Waals surface area contributed by atoms with Gasteiger partial charge in [0.05, 0.1) is 16.8 Å². The van der Waals surface area contributed by atoms with Crippen molar-refractivity contribution >= 4 is 17.3 Å². The molecule has 1 aromatic rings. The molecule has 1 aliphatic heterocycles. The molecule has 0 radical (unpaired) electrons. The quantitative estimate of drug-likeness (QED) is 0.724. The molecule has 0 atom stereocenters. The Balaban J connectivity index is 1.96. The zero-order valence-electron chi connectivity index (χ0n) is 9.55. The molecule has 1 saturated carbocycles. The van der Waals surface area contributed by atoms with Gasteiger partial charge in [-0.2, -0.15) is 0 Å². The Kier molecular flexibility index (Phi) is 2.31. The molecule has 2 N–H and O–H groups in total. The van der Waals surface area contributed by atoms with Gasteiger partial charge in [-0.3, -0.25) is 4.79 Å². The molecule has 1 fully saturated rings. The zero-order chi connectivity index (χ0) is 11.9. The fraction of sp³-hybridized carbons (Fsp3) is 0.462. The van der Waals surface area contributed by atoms with Gasteiger partial charge in [-0.15, -0.1) is 0 Å². The van der Waals surface area contributed by atoms with Crippen molar-refractivity contribution in [1.82, 2.24) is 0 Å². The van der Waals surface area contributed by atoms with E-state index < -0.39 is 0 Å². The summed E-state index contributed by atoms with van der Waals surface area (Å²) in [5, 5.41) is 6.12. The third kappa shape index (κ3) is 1.68. The summed E-state index contributed by atoms with van der Waals surface area (Å²) in [5.41, 5.74) is 1.07. The van der Waals surface area contributed by atoms with Gasteiger partial charge >= 0.3 is 0 Å². The number of carbonyl (C=O) groups is 1. The number of hydrogen-bond donors (Lipinski definition) is 2. The predicted octanol–water partition coefficient (Wildman–Crippen LogP) is 2.75. The van der Waals surface area contributed by atoms with Crippen LogP contribution in [0.1, 0.15) is 25.7 Å². The van der Waals surface area contributed by atoms with Crippen molar-refractivity contribution < 1.29 is 9.18 Å². The van der Waals surface area contributed by atoms with E-state index in [0.717, 1.165) is 25.7 Å². The molecule has 1 aliphatic carbocycles. The van der Waals surface area contributed by atoms with Crippen LogP contribution >= 0.6 is 0 Å². The average Bonchev–Trinajstić information content (AvgIpc) is 2.74. The molecule has 1 amide bonds. The second-order valence-corrected chi connectivity index (χ2v) is 4.99. The van der Waals surface area contributed by atoms with Gasteiger partial charge in [0, 0.05) is 6.54 Å². The minimum atomic E-state index is -0.296. The van der Waals surface area contributed by atoms with E-state index in [9.17, 15) is 9.18 Å². The molecule has 1 spiro atoms. The Bertz CT molecular complexity index is 466.